The van der Waals surface area contributed by atoms with E-state index in [0.717, 1.165) is 59.0 Å². The highest BCUT2D eigenvalue weighted by molar-refractivity contribution is 7.89. The lowest BCUT2D eigenvalue weighted by atomic mass is 10.1. The van der Waals surface area contributed by atoms with Crippen LogP contribution in [0.4, 0.5) is 10.5 Å². The molecule has 5 rings (SSSR count). The van der Waals surface area contributed by atoms with Crippen LogP contribution >= 0.6 is 0 Å². The Kier molecular flexibility index (Phi) is 7.36. The van der Waals surface area contributed by atoms with E-state index in [0.29, 0.717) is 18.0 Å². The van der Waals surface area contributed by atoms with Crippen molar-refractivity contribution in [2.75, 3.05) is 31.5 Å². The van der Waals surface area contributed by atoms with Gasteiger partial charge in [-0.05, 0) is 56.4 Å². The summed E-state index contributed by atoms with van der Waals surface area (Å²) in [5.41, 5.74) is 2.42. The minimum Gasteiger partial charge on any atom is -0.337 e. The predicted molar refractivity (Wildman–Crippen MR) is 147 cm³/mol. The number of benzene rings is 3. The zero-order valence-electron chi connectivity index (χ0n) is 20.8. The number of hydrogen-bond donors (Lipinski definition) is 3. The van der Waals surface area contributed by atoms with Crippen LogP contribution < -0.4 is 15.4 Å². The summed E-state index contributed by atoms with van der Waals surface area (Å²) >= 11 is 0. The molecule has 1 saturated heterocycles. The van der Waals surface area contributed by atoms with Crippen molar-refractivity contribution in [1.29, 1.82) is 0 Å². The van der Waals surface area contributed by atoms with Gasteiger partial charge in [0.25, 0.3) is 0 Å². The molecule has 0 radical (unpaired) electrons. The van der Waals surface area contributed by atoms with E-state index in [1.54, 1.807) is 12.1 Å². The van der Waals surface area contributed by atoms with E-state index in [-0.39, 0.29) is 12.1 Å². The number of amides is 2. The second-order valence-electron chi connectivity index (χ2n) is 9.42. The van der Waals surface area contributed by atoms with E-state index in [4.69, 9.17) is 0 Å². The molecule has 37 heavy (non-hydrogen) atoms. The molecule has 3 N–H and O–H groups in total. The molecule has 2 heterocycles. The van der Waals surface area contributed by atoms with Crippen LogP contribution in [0.2, 0.25) is 0 Å². The molecule has 1 aliphatic heterocycles. The van der Waals surface area contributed by atoms with Crippen LogP contribution in [0.3, 0.4) is 0 Å². The molecule has 0 saturated carbocycles. The summed E-state index contributed by atoms with van der Waals surface area (Å²) < 4.78 is 29.1. The van der Waals surface area contributed by atoms with Gasteiger partial charge in [-0.3, -0.25) is 4.98 Å². The number of fused-ring (bicyclic) bond motifs is 2. The number of carbonyl (C=O) groups excluding carboxylic acids is 1. The minimum absolute atomic E-state index is 0.111. The van der Waals surface area contributed by atoms with Crippen LogP contribution in [0.1, 0.15) is 18.5 Å². The van der Waals surface area contributed by atoms with Crippen LogP contribution in [-0.2, 0) is 10.0 Å². The Bertz CT molecular complexity index is 1530. The summed E-state index contributed by atoms with van der Waals surface area (Å²) in [6.07, 6.45) is 1.44. The Hall–Kier alpha value is -3.53. The molecule has 0 bridgehead atoms. The van der Waals surface area contributed by atoms with Crippen molar-refractivity contribution in [3.63, 3.8) is 0 Å². The fourth-order valence-electron chi connectivity index (χ4n) is 4.89. The number of para-hydroxylation sites is 1. The van der Waals surface area contributed by atoms with Crippen LogP contribution in [0, 0.1) is 6.92 Å². The maximum Gasteiger partial charge on any atom is 0.319 e. The molecule has 1 fully saturated rings. The lowest BCUT2D eigenvalue weighted by Gasteiger charge is -2.32. The number of urea groups is 1. The average Bonchev–Trinajstić information content (AvgIpc) is 2.89. The van der Waals surface area contributed by atoms with Crippen molar-refractivity contribution in [3.05, 3.63) is 78.5 Å². The molecule has 2 amide bonds. The Morgan fingerprint density at radius 2 is 1.68 bits per heavy atom. The SMILES string of the molecule is Cc1cc(NC(=O)NCCN2CCC(NS(=O)(=O)c3cccc4ccccc34)CC2)c2ccccc2n1. The molecule has 9 heteroatoms. The maximum absolute atomic E-state index is 13.1. The summed E-state index contributed by atoms with van der Waals surface area (Å²) in [6, 6.07) is 22.1. The largest absolute Gasteiger partial charge is 0.337 e. The number of rotatable bonds is 7. The molecule has 0 unspecified atom stereocenters. The van der Waals surface area contributed by atoms with Gasteiger partial charge in [0, 0.05) is 35.6 Å². The van der Waals surface area contributed by atoms with Crippen LogP contribution in [0.15, 0.2) is 77.7 Å². The monoisotopic (exact) mass is 517 g/mol. The Morgan fingerprint density at radius 1 is 0.973 bits per heavy atom. The van der Waals surface area contributed by atoms with E-state index >= 15 is 0 Å². The number of nitrogens with zero attached hydrogens (tertiary/aromatic N) is 2. The molecular weight excluding hydrogens is 486 g/mol. The number of anilines is 1. The first-order chi connectivity index (χ1) is 17.9. The number of likely N-dealkylation sites (tertiary alicyclic amines) is 1. The summed E-state index contributed by atoms with van der Waals surface area (Å²) in [7, 11) is -3.62. The second kappa shape index (κ2) is 10.8. The standard InChI is InChI=1S/C28H31N5O3S/c1-20-19-26(24-10-4-5-11-25(24)30-20)31-28(34)29-15-18-33-16-13-22(14-17-33)32-37(35,36)27-12-6-8-21-7-2-3-9-23(21)27/h2-12,19,22,32H,13-18H2,1H3,(H2,29,30,31,34). The number of aryl methyl sites for hydroxylation is 1. The number of sulfonamides is 1. The predicted octanol–water partition coefficient (Wildman–Crippen LogP) is 4.26. The average molecular weight is 518 g/mol. The molecule has 1 aliphatic rings. The quantitative estimate of drug-likeness (QED) is 0.340. The second-order valence-corrected chi connectivity index (χ2v) is 11.1. The highest BCUT2D eigenvalue weighted by atomic mass is 32.2. The molecule has 0 atom stereocenters. The van der Waals surface area contributed by atoms with Gasteiger partial charge in [0.05, 0.1) is 16.1 Å². The Morgan fingerprint density at radius 3 is 2.49 bits per heavy atom. The highest BCUT2D eigenvalue weighted by Crippen LogP contribution is 2.24. The Labute approximate surface area is 217 Å². The third-order valence-corrected chi connectivity index (χ3v) is 8.33. The normalized spacial score (nSPS) is 15.2. The first-order valence-electron chi connectivity index (χ1n) is 12.5. The zero-order chi connectivity index (χ0) is 25.8. The molecular formula is C28H31N5O3S. The molecule has 8 nitrogen and oxygen atoms in total. The van der Waals surface area contributed by atoms with Crippen LogP contribution in [0.5, 0.6) is 0 Å². The fraction of sp³-hybridized carbons (Fsp3) is 0.286. The number of carbonyl (C=O) groups is 1. The topological polar surface area (TPSA) is 103 Å². The lowest BCUT2D eigenvalue weighted by molar-refractivity contribution is 0.206. The van der Waals surface area contributed by atoms with Crippen molar-refractivity contribution >= 4 is 43.4 Å². The van der Waals surface area contributed by atoms with E-state index < -0.39 is 10.0 Å². The van der Waals surface area contributed by atoms with Crippen molar-refractivity contribution < 1.29 is 13.2 Å². The molecule has 1 aromatic heterocycles. The third-order valence-electron chi connectivity index (χ3n) is 6.75. The number of piperidine rings is 1. The molecule has 192 valence electrons. The molecule has 4 aromatic rings. The highest BCUT2D eigenvalue weighted by Gasteiger charge is 2.25. The summed E-state index contributed by atoms with van der Waals surface area (Å²) in [5, 5.41) is 8.40. The molecule has 0 aliphatic carbocycles. The van der Waals surface area contributed by atoms with Gasteiger partial charge in [-0.15, -0.1) is 0 Å². The first kappa shape index (κ1) is 25.1. The number of pyridine rings is 1. The maximum atomic E-state index is 13.1. The van der Waals surface area contributed by atoms with Gasteiger partial charge in [0.15, 0.2) is 0 Å². The van der Waals surface area contributed by atoms with Gasteiger partial charge in [0.1, 0.15) is 0 Å². The van der Waals surface area contributed by atoms with E-state index in [9.17, 15) is 13.2 Å². The summed E-state index contributed by atoms with van der Waals surface area (Å²) in [5.74, 6) is 0. The van der Waals surface area contributed by atoms with Gasteiger partial charge in [0.2, 0.25) is 10.0 Å². The summed E-state index contributed by atoms with van der Waals surface area (Å²) in [4.78, 5) is 19.6. The molecule has 0 spiro atoms. The lowest BCUT2D eigenvalue weighted by Crippen LogP contribution is -2.46. The van der Waals surface area contributed by atoms with Crippen molar-refractivity contribution in [3.8, 4) is 0 Å². The van der Waals surface area contributed by atoms with E-state index in [1.807, 2.05) is 67.6 Å². The number of nitrogens with one attached hydrogen (secondary N) is 3. The van der Waals surface area contributed by atoms with Gasteiger partial charge in [-0.25, -0.2) is 17.9 Å². The van der Waals surface area contributed by atoms with Gasteiger partial charge in [-0.2, -0.15) is 0 Å². The van der Waals surface area contributed by atoms with Crippen molar-refractivity contribution in [2.24, 2.45) is 0 Å². The molecule has 3 aromatic carbocycles. The van der Waals surface area contributed by atoms with E-state index in [2.05, 4.69) is 25.2 Å². The fourth-order valence-corrected chi connectivity index (χ4v) is 6.43. The van der Waals surface area contributed by atoms with Gasteiger partial charge >= 0.3 is 6.03 Å². The number of aromatic nitrogens is 1. The van der Waals surface area contributed by atoms with Crippen LogP contribution in [0.25, 0.3) is 21.7 Å². The van der Waals surface area contributed by atoms with Gasteiger partial charge < -0.3 is 15.5 Å². The van der Waals surface area contributed by atoms with Crippen molar-refractivity contribution in [1.82, 2.24) is 19.9 Å². The summed E-state index contributed by atoms with van der Waals surface area (Å²) in [6.45, 7) is 4.63. The Balaban J connectivity index is 1.10. The zero-order valence-corrected chi connectivity index (χ0v) is 21.6. The smallest absolute Gasteiger partial charge is 0.319 e. The van der Waals surface area contributed by atoms with Crippen molar-refractivity contribution in [2.45, 2.75) is 30.7 Å². The third kappa shape index (κ3) is 5.90. The van der Waals surface area contributed by atoms with Gasteiger partial charge in [-0.1, -0.05) is 54.6 Å². The number of hydrogen-bond acceptors (Lipinski definition) is 5. The minimum atomic E-state index is -3.62. The van der Waals surface area contributed by atoms with Crippen LogP contribution in [-0.4, -0.2) is 56.6 Å². The van der Waals surface area contributed by atoms with E-state index in [1.165, 1.54) is 0 Å². The first-order valence-corrected chi connectivity index (χ1v) is 14.0.